The number of pyridine rings is 1. The average molecular weight is 795 g/mol. The van der Waals surface area contributed by atoms with Gasteiger partial charge in [-0.2, -0.15) is 5.10 Å². The Kier molecular flexibility index (Phi) is 9.76. The summed E-state index contributed by atoms with van der Waals surface area (Å²) in [5.41, 5.74) is 7.48. The fourth-order valence-electron chi connectivity index (χ4n) is 12.8. The van der Waals surface area contributed by atoms with Crippen molar-refractivity contribution >= 4 is 21.9 Å². The van der Waals surface area contributed by atoms with Gasteiger partial charge in [0.25, 0.3) is 0 Å². The molecule has 3 N–H and O–H groups in total. The molecule has 4 aliphatic carbocycles. The van der Waals surface area contributed by atoms with Gasteiger partial charge in [0.2, 0.25) is 0 Å². The van der Waals surface area contributed by atoms with Gasteiger partial charge in [0, 0.05) is 28.1 Å². The second kappa shape index (κ2) is 13.2. The molecule has 7 rings (SSSR count). The number of fused-ring (bicyclic) bond motifs is 3. The lowest BCUT2D eigenvalue weighted by atomic mass is 9.34. The zero-order chi connectivity index (χ0) is 38.5. The summed E-state index contributed by atoms with van der Waals surface area (Å²) in [6, 6.07) is 3.87. The Morgan fingerprint density at radius 2 is 1.85 bits per heavy atom. The van der Waals surface area contributed by atoms with Crippen LogP contribution < -0.4 is 5.73 Å². The second-order valence-corrected chi connectivity index (χ2v) is 20.7. The highest BCUT2D eigenvalue weighted by atomic mass is 79.9. The highest BCUT2D eigenvalue weighted by Gasteiger charge is 2.72. The number of rotatable bonds is 9. The number of allylic oxidation sites excluding steroid dienone is 1. The predicted octanol–water partition coefficient (Wildman–Crippen LogP) is 8.99. The minimum absolute atomic E-state index is 0.123. The SMILES string of the molecule is CC(C)[C@@H](C)[C@@]1(C)CC[C@]2(C)[C@H]3CC[C@@H]4[C@@]5(COC[C@]4(C)[C@@H](OC[C@](C)(N)C(C)C)[C@H](n4ncnc4-c4ccnc(Br)c4)C5)C3=CC[C@@]2(C)[C@@H]1C(=O)O. The van der Waals surface area contributed by atoms with Gasteiger partial charge in [0.05, 0.1) is 37.9 Å². The topological polar surface area (TPSA) is 125 Å². The van der Waals surface area contributed by atoms with Gasteiger partial charge in [0.1, 0.15) is 10.9 Å². The van der Waals surface area contributed by atoms with Crippen LogP contribution in [0.3, 0.4) is 0 Å². The zero-order valence-electron chi connectivity index (χ0n) is 33.8. The molecule has 5 aliphatic rings. The third-order valence-electron chi connectivity index (χ3n) is 16.9. The van der Waals surface area contributed by atoms with Gasteiger partial charge >= 0.3 is 5.97 Å². The molecule has 2 bridgehead atoms. The molecule has 9 nitrogen and oxygen atoms in total. The summed E-state index contributed by atoms with van der Waals surface area (Å²) in [6.07, 6.45) is 11.4. The number of hydrogen-bond donors (Lipinski definition) is 2. The van der Waals surface area contributed by atoms with Gasteiger partial charge in [-0.25, -0.2) is 14.6 Å². The first kappa shape index (κ1) is 39.1. The van der Waals surface area contributed by atoms with E-state index < -0.39 is 17.4 Å². The summed E-state index contributed by atoms with van der Waals surface area (Å²) < 4.78 is 16.8. The number of carboxylic acids is 1. The van der Waals surface area contributed by atoms with Crippen LogP contribution in [-0.2, 0) is 14.3 Å². The van der Waals surface area contributed by atoms with Crippen molar-refractivity contribution in [2.24, 2.45) is 68.3 Å². The Morgan fingerprint density at radius 1 is 1.11 bits per heavy atom. The molecule has 3 saturated carbocycles. The van der Waals surface area contributed by atoms with E-state index in [0.717, 1.165) is 54.5 Å². The Balaban J connectivity index is 1.36. The van der Waals surface area contributed by atoms with Crippen LogP contribution in [-0.4, -0.2) is 62.3 Å². The van der Waals surface area contributed by atoms with E-state index in [-0.39, 0.29) is 51.1 Å². The number of carbonyl (C=O) groups is 1. The van der Waals surface area contributed by atoms with E-state index in [1.165, 1.54) is 5.57 Å². The van der Waals surface area contributed by atoms with Crippen molar-refractivity contribution in [3.8, 4) is 11.4 Å². The van der Waals surface area contributed by atoms with Gasteiger partial charge in [-0.05, 0) is 119 Å². The molecular weight excluding hydrogens is 730 g/mol. The number of nitrogens with two attached hydrogens (primary N) is 1. The molecule has 292 valence electrons. The van der Waals surface area contributed by atoms with E-state index in [4.69, 9.17) is 25.3 Å². The molecule has 53 heavy (non-hydrogen) atoms. The lowest BCUT2D eigenvalue weighted by Crippen LogP contribution is -2.69. The molecule has 1 aliphatic heterocycles. The Bertz CT molecular complexity index is 1760. The molecule has 3 heterocycles. The van der Waals surface area contributed by atoms with E-state index in [9.17, 15) is 9.90 Å². The number of carboxylic acid groups (broad SMARTS) is 1. The molecule has 0 spiro atoms. The number of aromatic nitrogens is 4. The first-order chi connectivity index (χ1) is 24.8. The molecule has 0 unspecified atom stereocenters. The first-order valence-corrected chi connectivity index (χ1v) is 21.0. The molecule has 0 aromatic carbocycles. The number of hydrogen-bond acceptors (Lipinski definition) is 7. The predicted molar refractivity (Wildman–Crippen MR) is 211 cm³/mol. The highest BCUT2D eigenvalue weighted by molar-refractivity contribution is 9.10. The van der Waals surface area contributed by atoms with Crippen LogP contribution in [0.2, 0.25) is 0 Å². The van der Waals surface area contributed by atoms with Crippen molar-refractivity contribution in [3.05, 3.63) is 40.9 Å². The van der Waals surface area contributed by atoms with Crippen molar-refractivity contribution in [1.82, 2.24) is 19.7 Å². The normalized spacial score (nSPS) is 41.2. The van der Waals surface area contributed by atoms with E-state index in [1.807, 2.05) is 12.1 Å². The minimum atomic E-state index is -0.627. The maximum Gasteiger partial charge on any atom is 0.307 e. The second-order valence-electron chi connectivity index (χ2n) is 19.9. The minimum Gasteiger partial charge on any atom is -0.481 e. The fourth-order valence-corrected chi connectivity index (χ4v) is 13.2. The van der Waals surface area contributed by atoms with Crippen molar-refractivity contribution < 1.29 is 19.4 Å². The molecule has 4 fully saturated rings. The highest BCUT2D eigenvalue weighted by Crippen LogP contribution is 2.75. The molecule has 2 aromatic rings. The summed E-state index contributed by atoms with van der Waals surface area (Å²) in [5, 5.41) is 16.1. The first-order valence-electron chi connectivity index (χ1n) is 20.2. The number of aliphatic carboxylic acids is 1. The molecule has 0 radical (unpaired) electrons. The molecule has 12 atom stereocenters. The standard InChI is InChI=1S/C43H64BrN5O4/c1-25(2)27(5)38(6)16-17-40(8)29-11-12-32-39(7)21-52-23-43(32,30(29)13-15-41(40,9)34(38)37(50)51)20-31(35(39)53-22-42(10,45)26(3)4)49-36(47-24-48-49)28-14-18-46-33(44)19-28/h13-14,18-19,24-27,29,31-32,34-35H,11-12,15-17,20-23,45H2,1-10H3,(H,50,51)/t27-,29+,31-,32+,34-,35+,38-,39+,40-,41+,42+,43+/m1/s1. The average Bonchev–Trinajstić information content (AvgIpc) is 3.57. The van der Waals surface area contributed by atoms with Crippen molar-refractivity contribution in [3.63, 3.8) is 0 Å². The van der Waals surface area contributed by atoms with Gasteiger partial charge < -0.3 is 20.3 Å². The van der Waals surface area contributed by atoms with Crippen LogP contribution in [0.15, 0.2) is 40.9 Å². The number of halogens is 1. The maximum absolute atomic E-state index is 13.6. The Morgan fingerprint density at radius 3 is 2.51 bits per heavy atom. The number of nitrogens with zero attached hydrogens (tertiary/aromatic N) is 4. The third-order valence-corrected chi connectivity index (χ3v) is 17.3. The summed E-state index contributed by atoms with van der Waals surface area (Å²) >= 11 is 3.58. The van der Waals surface area contributed by atoms with Gasteiger partial charge in [-0.15, -0.1) is 0 Å². The smallest absolute Gasteiger partial charge is 0.307 e. The van der Waals surface area contributed by atoms with Gasteiger partial charge in [0.15, 0.2) is 5.82 Å². The quantitative estimate of drug-likeness (QED) is 0.191. The molecule has 10 heteroatoms. The Hall–Kier alpha value is -2.14. The van der Waals surface area contributed by atoms with E-state index in [0.29, 0.717) is 37.6 Å². The summed E-state index contributed by atoms with van der Waals surface area (Å²) in [6.45, 7) is 24.4. The van der Waals surface area contributed by atoms with Crippen molar-refractivity contribution in [2.75, 3.05) is 19.8 Å². The Labute approximate surface area is 325 Å². The van der Waals surface area contributed by atoms with Crippen LogP contribution in [0.4, 0.5) is 0 Å². The van der Waals surface area contributed by atoms with Crippen LogP contribution in [0.5, 0.6) is 0 Å². The van der Waals surface area contributed by atoms with Gasteiger partial charge in [-0.1, -0.05) is 74.0 Å². The van der Waals surface area contributed by atoms with Crippen molar-refractivity contribution in [1.29, 1.82) is 0 Å². The van der Waals surface area contributed by atoms with Crippen LogP contribution in [0.1, 0.15) is 114 Å². The molecule has 2 aromatic heterocycles. The van der Waals surface area contributed by atoms with E-state index >= 15 is 0 Å². The monoisotopic (exact) mass is 793 g/mol. The summed E-state index contributed by atoms with van der Waals surface area (Å²) in [7, 11) is 0. The van der Waals surface area contributed by atoms with Crippen LogP contribution in [0.25, 0.3) is 11.4 Å². The van der Waals surface area contributed by atoms with E-state index in [1.54, 1.807) is 12.5 Å². The maximum atomic E-state index is 13.6. The third kappa shape index (κ3) is 5.68. The van der Waals surface area contributed by atoms with Crippen LogP contribution >= 0.6 is 15.9 Å². The molecule has 1 saturated heterocycles. The number of ether oxygens (including phenoxy) is 2. The lowest BCUT2D eigenvalue weighted by Gasteiger charge is -2.71. The fraction of sp³-hybridized carbons (Fsp3) is 0.767. The lowest BCUT2D eigenvalue weighted by molar-refractivity contribution is -0.252. The van der Waals surface area contributed by atoms with Crippen LogP contribution in [0, 0.1) is 62.6 Å². The van der Waals surface area contributed by atoms with E-state index in [2.05, 4.69) is 101 Å². The summed E-state index contributed by atoms with van der Waals surface area (Å²) in [4.78, 5) is 22.8. The molecule has 0 amide bonds. The van der Waals surface area contributed by atoms with Gasteiger partial charge in [-0.3, -0.25) is 4.79 Å². The molecular formula is C43H64BrN5O4. The zero-order valence-corrected chi connectivity index (χ0v) is 35.4. The van der Waals surface area contributed by atoms with Crippen molar-refractivity contribution in [2.45, 2.75) is 125 Å². The largest absolute Gasteiger partial charge is 0.481 e. The summed E-state index contributed by atoms with van der Waals surface area (Å²) in [5.74, 6) is 1.32.